The van der Waals surface area contributed by atoms with Crippen LogP contribution >= 0.6 is 0 Å². The molecule has 0 bridgehead atoms. The SMILES string of the molecule is C1CO1.Cc1onc(-c2ccccc2)c1C(=O)NCCCN1CCN(F)CC1. The number of halogens is 1. The predicted octanol–water partition coefficient (Wildman–Crippen LogP) is 2.29. The Bertz CT molecular complexity index is 740. The van der Waals surface area contributed by atoms with Crippen molar-refractivity contribution in [2.75, 3.05) is 52.5 Å². The van der Waals surface area contributed by atoms with E-state index in [-0.39, 0.29) is 5.91 Å². The van der Waals surface area contributed by atoms with Crippen LogP contribution in [0.2, 0.25) is 0 Å². The second-order valence-corrected chi connectivity index (χ2v) is 6.80. The van der Waals surface area contributed by atoms with E-state index in [1.165, 1.54) is 0 Å². The number of hydrogen-bond acceptors (Lipinski definition) is 6. The zero-order valence-corrected chi connectivity index (χ0v) is 16.2. The number of rotatable bonds is 6. The maximum atomic E-state index is 13.0. The van der Waals surface area contributed by atoms with Crippen molar-refractivity contribution in [1.29, 1.82) is 0 Å². The molecule has 0 aliphatic carbocycles. The summed E-state index contributed by atoms with van der Waals surface area (Å²) >= 11 is 0. The van der Waals surface area contributed by atoms with E-state index in [2.05, 4.69) is 20.1 Å². The number of epoxide rings is 1. The number of nitrogens with one attached hydrogen (secondary N) is 1. The highest BCUT2D eigenvalue weighted by Crippen LogP contribution is 2.24. The van der Waals surface area contributed by atoms with E-state index in [0.29, 0.717) is 36.7 Å². The lowest BCUT2D eigenvalue weighted by molar-refractivity contribution is -0.0215. The van der Waals surface area contributed by atoms with E-state index < -0.39 is 0 Å². The van der Waals surface area contributed by atoms with E-state index in [1.807, 2.05) is 30.3 Å². The molecule has 1 aromatic heterocycles. The third kappa shape index (κ3) is 6.12. The second-order valence-electron chi connectivity index (χ2n) is 6.80. The fourth-order valence-electron chi connectivity index (χ4n) is 2.97. The number of carbonyl (C=O) groups excluding carboxylic acids is 1. The topological polar surface area (TPSA) is 74.1 Å². The van der Waals surface area contributed by atoms with Gasteiger partial charge in [0.25, 0.3) is 5.91 Å². The van der Waals surface area contributed by atoms with Gasteiger partial charge in [0, 0.05) is 38.3 Å². The summed E-state index contributed by atoms with van der Waals surface area (Å²) in [7, 11) is 0. The van der Waals surface area contributed by atoms with Crippen molar-refractivity contribution in [2.45, 2.75) is 13.3 Å². The molecule has 0 radical (unpaired) electrons. The van der Waals surface area contributed by atoms with Gasteiger partial charge in [0.2, 0.25) is 0 Å². The lowest BCUT2D eigenvalue weighted by atomic mass is 10.1. The van der Waals surface area contributed by atoms with Crippen molar-refractivity contribution in [3.05, 3.63) is 41.7 Å². The summed E-state index contributed by atoms with van der Waals surface area (Å²) in [6, 6.07) is 9.52. The van der Waals surface area contributed by atoms with E-state index >= 15 is 0 Å². The molecule has 2 aliphatic heterocycles. The Morgan fingerprint density at radius 3 is 2.50 bits per heavy atom. The minimum atomic E-state index is -0.175. The fraction of sp³-hybridized carbons (Fsp3) is 0.500. The zero-order valence-electron chi connectivity index (χ0n) is 16.2. The van der Waals surface area contributed by atoms with Crippen LogP contribution < -0.4 is 5.32 Å². The Balaban J connectivity index is 0.000000684. The number of aromatic nitrogens is 1. The predicted molar refractivity (Wildman–Crippen MR) is 104 cm³/mol. The number of aryl methyl sites for hydroxylation is 1. The summed E-state index contributed by atoms with van der Waals surface area (Å²) in [5, 5.41) is 7.81. The summed E-state index contributed by atoms with van der Waals surface area (Å²) in [5.74, 6) is 0.335. The maximum absolute atomic E-state index is 13.0. The Labute approximate surface area is 164 Å². The number of piperazine rings is 1. The van der Waals surface area contributed by atoms with Gasteiger partial charge < -0.3 is 19.5 Å². The van der Waals surface area contributed by atoms with Crippen molar-refractivity contribution in [2.24, 2.45) is 0 Å². The van der Waals surface area contributed by atoms with Crippen molar-refractivity contribution < 1.29 is 18.5 Å². The minimum Gasteiger partial charge on any atom is -0.377 e. The quantitative estimate of drug-likeness (QED) is 0.463. The maximum Gasteiger partial charge on any atom is 0.257 e. The van der Waals surface area contributed by atoms with Crippen LogP contribution in [0.4, 0.5) is 4.48 Å². The zero-order chi connectivity index (χ0) is 19.8. The number of nitrogens with zero attached hydrogens (tertiary/aromatic N) is 3. The van der Waals surface area contributed by atoms with Gasteiger partial charge in [-0.1, -0.05) is 35.5 Å². The molecule has 2 fully saturated rings. The fourth-order valence-corrected chi connectivity index (χ4v) is 2.97. The summed E-state index contributed by atoms with van der Waals surface area (Å²) in [6.07, 6.45) is 0.822. The standard InChI is InChI=1S/C18H23FN4O2.C2H4O/c1-14-16(17(21-25-14)15-6-3-2-4-7-15)18(24)20-8-5-9-22-10-12-23(19)13-11-22;1-2-3-1/h2-4,6-7H,5,8-13H2,1H3,(H,20,24);1-2H2. The molecule has 0 atom stereocenters. The molecule has 0 spiro atoms. The molecule has 0 unspecified atom stereocenters. The van der Waals surface area contributed by atoms with Crippen LogP contribution in [0.25, 0.3) is 11.3 Å². The van der Waals surface area contributed by atoms with Gasteiger partial charge >= 0.3 is 0 Å². The number of amides is 1. The molecule has 1 aromatic carbocycles. The van der Waals surface area contributed by atoms with Crippen molar-refractivity contribution in [1.82, 2.24) is 20.5 Å². The van der Waals surface area contributed by atoms with Crippen LogP contribution in [-0.2, 0) is 4.74 Å². The summed E-state index contributed by atoms with van der Waals surface area (Å²) in [6.45, 7) is 7.51. The van der Waals surface area contributed by atoms with Crippen LogP contribution in [-0.4, -0.2) is 73.6 Å². The first-order valence-corrected chi connectivity index (χ1v) is 9.66. The van der Waals surface area contributed by atoms with Crippen molar-refractivity contribution >= 4 is 5.91 Å². The molecule has 8 heteroatoms. The third-order valence-corrected chi connectivity index (χ3v) is 4.60. The van der Waals surface area contributed by atoms with Gasteiger partial charge in [-0.15, -0.1) is 9.60 Å². The van der Waals surface area contributed by atoms with Gasteiger partial charge in [-0.05, 0) is 19.9 Å². The summed E-state index contributed by atoms with van der Waals surface area (Å²) in [5.41, 5.74) is 1.90. The van der Waals surface area contributed by atoms with Crippen LogP contribution in [0.1, 0.15) is 22.5 Å². The second kappa shape index (κ2) is 10.3. The van der Waals surface area contributed by atoms with Gasteiger partial charge in [0.1, 0.15) is 17.0 Å². The highest BCUT2D eigenvalue weighted by molar-refractivity contribution is 6.00. The number of benzene rings is 1. The molecule has 28 heavy (non-hydrogen) atoms. The molecular weight excluding hydrogens is 363 g/mol. The van der Waals surface area contributed by atoms with Crippen LogP contribution in [0, 0.1) is 6.92 Å². The van der Waals surface area contributed by atoms with Crippen molar-refractivity contribution in [3.8, 4) is 11.3 Å². The Kier molecular flexibility index (Phi) is 7.53. The van der Waals surface area contributed by atoms with Gasteiger partial charge in [-0.3, -0.25) is 4.79 Å². The normalized spacial score (nSPS) is 16.9. The van der Waals surface area contributed by atoms with E-state index in [4.69, 9.17) is 4.52 Å². The lowest BCUT2D eigenvalue weighted by Gasteiger charge is -2.29. The van der Waals surface area contributed by atoms with Gasteiger partial charge in [-0.25, -0.2) is 0 Å². The van der Waals surface area contributed by atoms with Gasteiger partial charge in [-0.2, -0.15) is 0 Å². The monoisotopic (exact) mass is 390 g/mol. The van der Waals surface area contributed by atoms with Crippen LogP contribution in [0.3, 0.4) is 0 Å². The highest BCUT2D eigenvalue weighted by atomic mass is 19.2. The van der Waals surface area contributed by atoms with E-state index in [9.17, 15) is 9.28 Å². The number of hydrogen-bond donors (Lipinski definition) is 1. The Morgan fingerprint density at radius 1 is 1.18 bits per heavy atom. The first kappa shape index (κ1) is 20.4. The first-order chi connectivity index (χ1) is 13.6. The van der Waals surface area contributed by atoms with Gasteiger partial charge in [0.05, 0.1) is 13.2 Å². The average molecular weight is 390 g/mol. The molecule has 1 N–H and O–H groups in total. The molecule has 4 rings (SSSR count). The average Bonchev–Trinajstić information content (AvgIpc) is 3.55. The van der Waals surface area contributed by atoms with Crippen LogP contribution in [0.15, 0.2) is 34.9 Å². The summed E-state index contributed by atoms with van der Waals surface area (Å²) < 4.78 is 22.7. The summed E-state index contributed by atoms with van der Waals surface area (Å²) in [4.78, 5) is 14.7. The number of carbonyl (C=O) groups is 1. The molecular formula is C20H27FN4O3. The minimum absolute atomic E-state index is 0.175. The molecule has 7 nitrogen and oxygen atoms in total. The molecule has 0 saturated carbocycles. The van der Waals surface area contributed by atoms with E-state index in [1.54, 1.807) is 6.92 Å². The third-order valence-electron chi connectivity index (χ3n) is 4.60. The van der Waals surface area contributed by atoms with Gasteiger partial charge in [0.15, 0.2) is 0 Å². The highest BCUT2D eigenvalue weighted by Gasteiger charge is 2.21. The Morgan fingerprint density at radius 2 is 1.86 bits per heavy atom. The smallest absolute Gasteiger partial charge is 0.257 e. The Hall–Kier alpha value is -2.29. The molecule has 3 heterocycles. The molecule has 2 saturated heterocycles. The molecule has 2 aromatic rings. The molecule has 2 aliphatic rings. The lowest BCUT2D eigenvalue weighted by Crippen LogP contribution is -2.43. The van der Waals surface area contributed by atoms with Crippen molar-refractivity contribution in [3.63, 3.8) is 0 Å². The van der Waals surface area contributed by atoms with Crippen LogP contribution in [0.5, 0.6) is 0 Å². The molecule has 1 amide bonds. The largest absolute Gasteiger partial charge is 0.377 e. The molecule has 152 valence electrons. The first-order valence-electron chi connectivity index (χ1n) is 9.66. The number of ether oxygens (including phenoxy) is 1. The van der Waals surface area contributed by atoms with E-state index in [0.717, 1.165) is 50.0 Å².